The molecule has 0 spiro atoms. The number of rotatable bonds is 16. The number of carbonyl (C=O) groups is 2. The lowest BCUT2D eigenvalue weighted by Gasteiger charge is -2.26. The van der Waals surface area contributed by atoms with Crippen LogP contribution in [0.3, 0.4) is 0 Å². The second kappa shape index (κ2) is 16.9. The van der Waals surface area contributed by atoms with Crippen LogP contribution in [0.25, 0.3) is 0 Å². The summed E-state index contributed by atoms with van der Waals surface area (Å²) in [6, 6.07) is 32.0. The number of nitrogens with one attached hydrogen (secondary N) is 2. The van der Waals surface area contributed by atoms with Crippen molar-refractivity contribution in [3.63, 3.8) is 0 Å². The van der Waals surface area contributed by atoms with E-state index >= 15 is 0 Å². The second-order valence-electron chi connectivity index (χ2n) is 10.9. The molecule has 45 heavy (non-hydrogen) atoms. The van der Waals surface area contributed by atoms with Crippen LogP contribution in [0.2, 0.25) is 0 Å². The van der Waals surface area contributed by atoms with Crippen molar-refractivity contribution in [1.82, 2.24) is 10.6 Å². The van der Waals surface area contributed by atoms with E-state index in [0.717, 1.165) is 22.3 Å². The summed E-state index contributed by atoms with van der Waals surface area (Å²) in [4.78, 5) is 25.8. The zero-order chi connectivity index (χ0) is 32.0. The number of ether oxygens (including phenoxy) is 4. The molecule has 2 unspecified atom stereocenters. The van der Waals surface area contributed by atoms with Crippen molar-refractivity contribution in [2.24, 2.45) is 0 Å². The Morgan fingerprint density at radius 2 is 1.36 bits per heavy atom. The van der Waals surface area contributed by atoms with Crippen molar-refractivity contribution >= 4 is 11.9 Å². The average molecular weight is 611 g/mol. The predicted molar refractivity (Wildman–Crippen MR) is 175 cm³/mol. The smallest absolute Gasteiger partial charge is 0.329 e. The van der Waals surface area contributed by atoms with Crippen molar-refractivity contribution in [2.45, 2.75) is 51.5 Å². The molecule has 4 aromatic rings. The third-order valence-corrected chi connectivity index (χ3v) is 7.35. The van der Waals surface area contributed by atoms with Crippen molar-refractivity contribution in [3.05, 3.63) is 125 Å². The molecule has 0 aliphatic rings. The minimum absolute atomic E-state index is 0.0252. The largest absolute Gasteiger partial charge is 0.493 e. The number of amides is 1. The Hall–Kier alpha value is -4.82. The van der Waals surface area contributed by atoms with Gasteiger partial charge in [-0.2, -0.15) is 0 Å². The summed E-state index contributed by atoms with van der Waals surface area (Å²) in [5.41, 5.74) is 3.74. The molecule has 0 saturated heterocycles. The molecule has 2 N–H and O–H groups in total. The maximum absolute atomic E-state index is 13.7. The van der Waals surface area contributed by atoms with E-state index in [-0.39, 0.29) is 11.9 Å². The van der Waals surface area contributed by atoms with Gasteiger partial charge in [0.2, 0.25) is 5.91 Å². The van der Waals surface area contributed by atoms with Gasteiger partial charge in [0.15, 0.2) is 11.5 Å². The van der Waals surface area contributed by atoms with E-state index < -0.39 is 18.1 Å². The molecule has 3 atom stereocenters. The van der Waals surface area contributed by atoms with Crippen LogP contribution in [0, 0.1) is 0 Å². The van der Waals surface area contributed by atoms with E-state index in [4.69, 9.17) is 18.9 Å². The molecule has 0 radical (unpaired) electrons. The predicted octanol–water partition coefficient (Wildman–Crippen LogP) is 5.84. The molecule has 8 nitrogen and oxygen atoms in total. The third kappa shape index (κ3) is 10.1. The summed E-state index contributed by atoms with van der Waals surface area (Å²) >= 11 is 0. The number of esters is 1. The van der Waals surface area contributed by atoms with Crippen LogP contribution in [0.15, 0.2) is 103 Å². The Morgan fingerprint density at radius 3 is 2.02 bits per heavy atom. The first kappa shape index (κ1) is 33.1. The minimum atomic E-state index is -0.853. The molecule has 0 aromatic heterocycles. The molecule has 0 heterocycles. The van der Waals surface area contributed by atoms with E-state index in [9.17, 15) is 9.59 Å². The fourth-order valence-corrected chi connectivity index (χ4v) is 5.08. The van der Waals surface area contributed by atoms with Crippen molar-refractivity contribution < 1.29 is 28.5 Å². The van der Waals surface area contributed by atoms with Gasteiger partial charge in [-0.05, 0) is 48.2 Å². The molecule has 0 fully saturated rings. The van der Waals surface area contributed by atoms with Crippen LogP contribution < -0.4 is 24.8 Å². The molecule has 0 bridgehead atoms. The van der Waals surface area contributed by atoms with Gasteiger partial charge in [-0.25, -0.2) is 4.79 Å². The van der Waals surface area contributed by atoms with Crippen molar-refractivity contribution in [2.75, 3.05) is 20.8 Å². The van der Waals surface area contributed by atoms with E-state index in [1.165, 1.54) is 6.92 Å². The summed E-state index contributed by atoms with van der Waals surface area (Å²) in [7, 11) is 3.23. The van der Waals surface area contributed by atoms with E-state index in [1.807, 2.05) is 103 Å². The monoisotopic (exact) mass is 610 g/mol. The lowest BCUT2D eigenvalue weighted by atomic mass is 10.0. The Kier molecular flexibility index (Phi) is 12.4. The Morgan fingerprint density at radius 1 is 0.711 bits per heavy atom. The number of carbonyl (C=O) groups excluding carboxylic acids is 2. The summed E-state index contributed by atoms with van der Waals surface area (Å²) in [5.74, 6) is 1.13. The molecule has 8 heteroatoms. The average Bonchev–Trinajstić information content (AvgIpc) is 3.06. The van der Waals surface area contributed by atoms with Crippen LogP contribution in [0.5, 0.6) is 17.2 Å². The van der Waals surface area contributed by atoms with Crippen molar-refractivity contribution in [1.29, 1.82) is 0 Å². The SMILES string of the molecule is COc1ccc(CC(C)NCC(OC(=O)[C@@H](Cc2ccccc2)NC(C)=O)c2ccccc2OCc2ccccc2)cc1OC. The topological polar surface area (TPSA) is 95.1 Å². The van der Waals surface area contributed by atoms with Crippen LogP contribution >= 0.6 is 0 Å². The van der Waals surface area contributed by atoms with Gasteiger partial charge in [0, 0.05) is 31.5 Å². The number of hydrogen-bond donors (Lipinski definition) is 2. The van der Waals surface area contributed by atoms with Gasteiger partial charge in [-0.1, -0.05) is 84.9 Å². The normalized spacial score (nSPS) is 12.8. The molecular weight excluding hydrogens is 568 g/mol. The maximum Gasteiger partial charge on any atom is 0.329 e. The quantitative estimate of drug-likeness (QED) is 0.154. The van der Waals surface area contributed by atoms with Gasteiger partial charge in [0.05, 0.1) is 14.2 Å². The number of hydrogen-bond acceptors (Lipinski definition) is 7. The van der Waals surface area contributed by atoms with Crippen molar-refractivity contribution in [3.8, 4) is 17.2 Å². The highest BCUT2D eigenvalue weighted by atomic mass is 16.5. The third-order valence-electron chi connectivity index (χ3n) is 7.35. The highest BCUT2D eigenvalue weighted by Gasteiger charge is 2.28. The first-order valence-electron chi connectivity index (χ1n) is 15.1. The minimum Gasteiger partial charge on any atom is -0.493 e. The summed E-state index contributed by atoms with van der Waals surface area (Å²) < 4.78 is 23.3. The Labute approximate surface area is 265 Å². The van der Waals surface area contributed by atoms with E-state index in [1.54, 1.807) is 14.2 Å². The van der Waals surface area contributed by atoms with Gasteiger partial charge in [0.25, 0.3) is 0 Å². The van der Waals surface area contributed by atoms with Gasteiger partial charge < -0.3 is 29.6 Å². The van der Waals surface area contributed by atoms with Crippen LogP contribution in [-0.2, 0) is 33.8 Å². The molecule has 236 valence electrons. The van der Waals surface area contributed by atoms with Crippen LogP contribution in [-0.4, -0.2) is 44.7 Å². The fraction of sp³-hybridized carbons (Fsp3) is 0.297. The van der Waals surface area contributed by atoms with Gasteiger partial charge >= 0.3 is 5.97 Å². The Bertz CT molecular complexity index is 1510. The number of methoxy groups -OCH3 is 2. The van der Waals surface area contributed by atoms with Crippen LogP contribution in [0.1, 0.15) is 42.2 Å². The molecule has 0 saturated carbocycles. The molecule has 4 rings (SSSR count). The summed E-state index contributed by atoms with van der Waals surface area (Å²) in [5, 5.41) is 6.32. The Balaban J connectivity index is 1.55. The van der Waals surface area contributed by atoms with Gasteiger partial charge in [0.1, 0.15) is 24.5 Å². The standard InChI is InChI=1S/C37H42N2O6/c1-26(21-30-19-20-34(42-3)35(23-30)43-4)38-24-36(31-17-11-12-18-33(31)44-25-29-15-9-6-10-16-29)45-37(41)32(39-27(2)40)22-28-13-7-5-8-14-28/h5-20,23,26,32,36,38H,21-22,24-25H2,1-4H3,(H,39,40)/t26?,32-,36?/m1/s1. The highest BCUT2D eigenvalue weighted by Crippen LogP contribution is 2.30. The first-order valence-corrected chi connectivity index (χ1v) is 15.1. The number of para-hydroxylation sites is 1. The molecule has 4 aromatic carbocycles. The zero-order valence-corrected chi connectivity index (χ0v) is 26.3. The molecule has 1 amide bonds. The second-order valence-corrected chi connectivity index (χ2v) is 10.9. The highest BCUT2D eigenvalue weighted by molar-refractivity contribution is 5.83. The lowest BCUT2D eigenvalue weighted by Crippen LogP contribution is -2.44. The number of benzene rings is 4. The molecule has 0 aliphatic carbocycles. The van der Waals surface area contributed by atoms with Gasteiger partial charge in [-0.3, -0.25) is 4.79 Å². The van der Waals surface area contributed by atoms with E-state index in [0.29, 0.717) is 43.2 Å². The molecular formula is C37H42N2O6. The lowest BCUT2D eigenvalue weighted by molar-refractivity contribution is -0.153. The maximum atomic E-state index is 13.7. The van der Waals surface area contributed by atoms with Gasteiger partial charge in [-0.15, -0.1) is 0 Å². The zero-order valence-electron chi connectivity index (χ0n) is 26.3. The van der Waals surface area contributed by atoms with E-state index in [2.05, 4.69) is 17.6 Å². The fourth-order valence-electron chi connectivity index (χ4n) is 5.08. The van der Waals surface area contributed by atoms with Crippen LogP contribution in [0.4, 0.5) is 0 Å². The first-order chi connectivity index (χ1) is 21.9. The summed E-state index contributed by atoms with van der Waals surface area (Å²) in [6.45, 7) is 4.16. The summed E-state index contributed by atoms with van der Waals surface area (Å²) in [6.07, 6.45) is 0.320. The molecule has 0 aliphatic heterocycles.